The van der Waals surface area contributed by atoms with E-state index in [1.165, 1.54) is 0 Å². The molecular weight excluding hydrogens is 268 g/mol. The molecule has 1 aliphatic heterocycles. The Hall–Kier alpha value is -2.08. The first-order chi connectivity index (χ1) is 10.2. The van der Waals surface area contributed by atoms with E-state index in [1.54, 1.807) is 6.92 Å². The summed E-state index contributed by atoms with van der Waals surface area (Å²) in [4.78, 5) is 17.2. The number of hydrogen-bond donors (Lipinski definition) is 4. The molecular formula is C15H22N4O2. The molecule has 0 spiro atoms. The lowest BCUT2D eigenvalue weighted by Gasteiger charge is -2.23. The van der Waals surface area contributed by atoms with Gasteiger partial charge in [-0.1, -0.05) is 19.1 Å². The number of para-hydroxylation sites is 2. The van der Waals surface area contributed by atoms with Crippen LogP contribution in [0.5, 0.6) is 0 Å². The molecule has 114 valence electrons. The van der Waals surface area contributed by atoms with E-state index in [4.69, 9.17) is 5.11 Å². The maximum atomic E-state index is 9.37. The average molecular weight is 290 g/mol. The summed E-state index contributed by atoms with van der Waals surface area (Å²) in [6.45, 7) is 3.79. The Morgan fingerprint density at radius 2 is 2.05 bits per heavy atom. The number of fused-ring (bicyclic) bond motifs is 1. The Balaban J connectivity index is 0.000000282. The number of rotatable bonds is 3. The maximum Gasteiger partial charge on any atom is 0.303 e. The van der Waals surface area contributed by atoms with Gasteiger partial charge in [0.05, 0.1) is 11.0 Å². The van der Waals surface area contributed by atoms with E-state index in [0.29, 0.717) is 6.04 Å². The lowest BCUT2D eigenvalue weighted by molar-refractivity contribution is -0.136. The number of H-pyrrole nitrogens is 1. The van der Waals surface area contributed by atoms with E-state index in [-0.39, 0.29) is 6.42 Å². The van der Waals surface area contributed by atoms with Gasteiger partial charge < -0.3 is 20.7 Å². The lowest BCUT2D eigenvalue weighted by atomic mass is 10.1. The van der Waals surface area contributed by atoms with Crippen LogP contribution in [0.4, 0.5) is 5.95 Å². The molecule has 0 radical (unpaired) electrons. The first kappa shape index (κ1) is 15.3. The standard InChI is InChI=1S/C12H16N4.C3H6O2/c1-2-4-11-10(3-1)15-12(16-11)14-9-5-7-13-8-6-9;1-2-3(4)5/h1-4,9,13H,5-8H2,(H2,14,15,16);2H2,1H3,(H,4,5). The van der Waals surface area contributed by atoms with Crippen LogP contribution in [-0.2, 0) is 4.79 Å². The number of carbonyl (C=O) groups is 1. The zero-order valence-electron chi connectivity index (χ0n) is 12.2. The molecule has 21 heavy (non-hydrogen) atoms. The molecule has 0 atom stereocenters. The number of aromatic amines is 1. The van der Waals surface area contributed by atoms with Crippen LogP contribution in [0.25, 0.3) is 11.0 Å². The van der Waals surface area contributed by atoms with Crippen molar-refractivity contribution in [3.8, 4) is 0 Å². The van der Waals surface area contributed by atoms with Crippen LogP contribution in [0.2, 0.25) is 0 Å². The van der Waals surface area contributed by atoms with E-state index < -0.39 is 5.97 Å². The number of nitrogens with one attached hydrogen (secondary N) is 3. The van der Waals surface area contributed by atoms with E-state index in [0.717, 1.165) is 42.9 Å². The fraction of sp³-hybridized carbons (Fsp3) is 0.467. The quantitative estimate of drug-likeness (QED) is 0.696. The minimum absolute atomic E-state index is 0.222. The van der Waals surface area contributed by atoms with Gasteiger partial charge in [0.1, 0.15) is 0 Å². The van der Waals surface area contributed by atoms with Crippen LogP contribution in [-0.4, -0.2) is 40.2 Å². The molecule has 3 rings (SSSR count). The van der Waals surface area contributed by atoms with Crippen molar-refractivity contribution in [2.45, 2.75) is 32.2 Å². The Labute approximate surface area is 124 Å². The van der Waals surface area contributed by atoms with Crippen molar-refractivity contribution in [3.05, 3.63) is 24.3 Å². The Morgan fingerprint density at radius 1 is 1.38 bits per heavy atom. The van der Waals surface area contributed by atoms with Gasteiger partial charge in [0, 0.05) is 12.5 Å². The summed E-state index contributed by atoms with van der Waals surface area (Å²) in [5.41, 5.74) is 2.12. The molecule has 2 heterocycles. The van der Waals surface area contributed by atoms with Gasteiger partial charge in [0.15, 0.2) is 0 Å². The number of aromatic nitrogens is 2. The molecule has 0 amide bonds. The van der Waals surface area contributed by atoms with E-state index >= 15 is 0 Å². The molecule has 1 aliphatic rings. The Bertz CT molecular complexity index is 543. The fourth-order valence-electron chi connectivity index (χ4n) is 2.18. The minimum atomic E-state index is -0.745. The van der Waals surface area contributed by atoms with Crippen molar-refractivity contribution in [1.82, 2.24) is 15.3 Å². The number of anilines is 1. The Kier molecular flexibility index (Phi) is 5.57. The fourth-order valence-corrected chi connectivity index (χ4v) is 2.18. The van der Waals surface area contributed by atoms with Crippen molar-refractivity contribution in [2.75, 3.05) is 18.4 Å². The van der Waals surface area contributed by atoms with Gasteiger partial charge >= 0.3 is 5.97 Å². The average Bonchev–Trinajstić information content (AvgIpc) is 2.91. The number of carboxylic acid groups (broad SMARTS) is 1. The predicted octanol–water partition coefficient (Wildman–Crippen LogP) is 2.21. The van der Waals surface area contributed by atoms with E-state index in [2.05, 4.69) is 26.7 Å². The second-order valence-electron chi connectivity index (χ2n) is 5.02. The second kappa shape index (κ2) is 7.64. The van der Waals surface area contributed by atoms with Crippen LogP contribution in [0, 0.1) is 0 Å². The molecule has 1 fully saturated rings. The van der Waals surface area contributed by atoms with Gasteiger partial charge in [-0.15, -0.1) is 0 Å². The van der Waals surface area contributed by atoms with E-state index in [9.17, 15) is 4.79 Å². The summed E-state index contributed by atoms with van der Waals surface area (Å²) in [6, 6.07) is 8.66. The molecule has 6 heteroatoms. The summed E-state index contributed by atoms with van der Waals surface area (Å²) < 4.78 is 0. The first-order valence-electron chi connectivity index (χ1n) is 7.33. The summed E-state index contributed by atoms with van der Waals surface area (Å²) in [6.07, 6.45) is 2.55. The predicted molar refractivity (Wildman–Crippen MR) is 83.5 cm³/mol. The number of nitrogens with zero attached hydrogens (tertiary/aromatic N) is 1. The molecule has 1 aromatic carbocycles. The molecule has 6 nitrogen and oxygen atoms in total. The zero-order chi connectivity index (χ0) is 15.1. The number of benzene rings is 1. The molecule has 0 aliphatic carbocycles. The van der Waals surface area contributed by atoms with Gasteiger partial charge in [-0.05, 0) is 38.1 Å². The van der Waals surface area contributed by atoms with Crippen molar-refractivity contribution >= 4 is 23.0 Å². The molecule has 4 N–H and O–H groups in total. The third kappa shape index (κ3) is 4.75. The highest BCUT2D eigenvalue weighted by molar-refractivity contribution is 5.77. The largest absolute Gasteiger partial charge is 0.481 e. The van der Waals surface area contributed by atoms with Crippen LogP contribution in [0.15, 0.2) is 24.3 Å². The number of carboxylic acids is 1. The normalized spacial score (nSPS) is 15.3. The molecule has 2 aromatic rings. The monoisotopic (exact) mass is 290 g/mol. The number of piperidine rings is 1. The van der Waals surface area contributed by atoms with E-state index in [1.807, 2.05) is 18.2 Å². The van der Waals surface area contributed by atoms with Crippen LogP contribution in [0.3, 0.4) is 0 Å². The number of imidazole rings is 1. The van der Waals surface area contributed by atoms with Gasteiger partial charge in [0.2, 0.25) is 5.95 Å². The summed E-state index contributed by atoms with van der Waals surface area (Å²) in [5, 5.41) is 14.5. The molecule has 1 aromatic heterocycles. The number of hydrogen-bond acceptors (Lipinski definition) is 4. The van der Waals surface area contributed by atoms with Crippen LogP contribution < -0.4 is 10.6 Å². The molecule has 0 unspecified atom stereocenters. The highest BCUT2D eigenvalue weighted by atomic mass is 16.4. The van der Waals surface area contributed by atoms with Crippen molar-refractivity contribution in [1.29, 1.82) is 0 Å². The number of aliphatic carboxylic acids is 1. The summed E-state index contributed by atoms with van der Waals surface area (Å²) >= 11 is 0. The van der Waals surface area contributed by atoms with Crippen molar-refractivity contribution in [3.63, 3.8) is 0 Å². The summed E-state index contributed by atoms with van der Waals surface area (Å²) in [7, 11) is 0. The molecule has 0 bridgehead atoms. The van der Waals surface area contributed by atoms with Gasteiger partial charge in [-0.2, -0.15) is 0 Å². The van der Waals surface area contributed by atoms with Gasteiger partial charge in [-0.25, -0.2) is 4.98 Å². The van der Waals surface area contributed by atoms with Crippen LogP contribution >= 0.6 is 0 Å². The SMILES string of the molecule is CCC(=O)O.c1ccc2[nH]c(NC3CCNCC3)nc2c1. The second-order valence-corrected chi connectivity index (χ2v) is 5.02. The Morgan fingerprint density at radius 3 is 2.67 bits per heavy atom. The molecule has 0 saturated carbocycles. The van der Waals surface area contributed by atoms with Gasteiger partial charge in [-0.3, -0.25) is 4.79 Å². The topological polar surface area (TPSA) is 90.0 Å². The van der Waals surface area contributed by atoms with Crippen molar-refractivity contribution in [2.24, 2.45) is 0 Å². The van der Waals surface area contributed by atoms with Gasteiger partial charge in [0.25, 0.3) is 0 Å². The van der Waals surface area contributed by atoms with Crippen molar-refractivity contribution < 1.29 is 9.90 Å². The summed E-state index contributed by atoms with van der Waals surface area (Å²) in [5.74, 6) is 0.151. The zero-order valence-corrected chi connectivity index (χ0v) is 12.2. The third-order valence-electron chi connectivity index (χ3n) is 3.37. The molecule has 1 saturated heterocycles. The first-order valence-corrected chi connectivity index (χ1v) is 7.33. The highest BCUT2D eigenvalue weighted by Crippen LogP contribution is 2.15. The lowest BCUT2D eigenvalue weighted by Crippen LogP contribution is -2.35. The maximum absolute atomic E-state index is 9.37. The smallest absolute Gasteiger partial charge is 0.303 e. The minimum Gasteiger partial charge on any atom is -0.481 e. The van der Waals surface area contributed by atoms with Crippen LogP contribution in [0.1, 0.15) is 26.2 Å². The highest BCUT2D eigenvalue weighted by Gasteiger charge is 2.13. The third-order valence-corrected chi connectivity index (χ3v) is 3.37.